The molecule has 0 radical (unpaired) electrons. The molecule has 0 atom stereocenters. The van der Waals surface area contributed by atoms with Crippen molar-refractivity contribution in [1.29, 1.82) is 0 Å². The molecule has 29 heavy (non-hydrogen) atoms. The fourth-order valence-corrected chi connectivity index (χ4v) is 3.75. The molecule has 0 saturated carbocycles. The standard InChI is InChI=1S/C19H19Cl2N3O4S/c1-3-11-22-19(26)13-7-4-5-9-15(13)23-17(25)12-24(29(2,27)28)16-10-6-8-14(20)18(16)21/h3-10H,1,11-12H2,2H3,(H,22,26)(H,23,25). The lowest BCUT2D eigenvalue weighted by Gasteiger charge is -2.23. The van der Waals surface area contributed by atoms with E-state index in [4.69, 9.17) is 23.2 Å². The third-order valence-electron chi connectivity index (χ3n) is 3.74. The molecule has 154 valence electrons. The summed E-state index contributed by atoms with van der Waals surface area (Å²) >= 11 is 12.1. The number of carbonyl (C=O) groups is 2. The fourth-order valence-electron chi connectivity index (χ4n) is 2.44. The number of anilines is 2. The lowest BCUT2D eigenvalue weighted by Crippen LogP contribution is -2.38. The van der Waals surface area contributed by atoms with E-state index in [1.54, 1.807) is 12.1 Å². The highest BCUT2D eigenvalue weighted by Crippen LogP contribution is 2.33. The Hall–Kier alpha value is -2.55. The predicted octanol–water partition coefficient (Wildman–Crippen LogP) is 3.31. The van der Waals surface area contributed by atoms with Gasteiger partial charge in [-0.15, -0.1) is 6.58 Å². The van der Waals surface area contributed by atoms with E-state index < -0.39 is 28.4 Å². The first kappa shape index (κ1) is 22.7. The highest BCUT2D eigenvalue weighted by Gasteiger charge is 2.24. The summed E-state index contributed by atoms with van der Waals surface area (Å²) in [4.78, 5) is 24.8. The third kappa shape index (κ3) is 5.96. The van der Waals surface area contributed by atoms with Crippen LogP contribution in [0, 0.1) is 0 Å². The van der Waals surface area contributed by atoms with Crippen molar-refractivity contribution in [2.45, 2.75) is 0 Å². The van der Waals surface area contributed by atoms with Gasteiger partial charge in [-0.05, 0) is 24.3 Å². The summed E-state index contributed by atoms with van der Waals surface area (Å²) in [6.07, 6.45) is 2.48. The molecule has 2 aromatic rings. The van der Waals surface area contributed by atoms with E-state index in [1.807, 2.05) is 0 Å². The molecule has 10 heteroatoms. The average molecular weight is 456 g/mol. The van der Waals surface area contributed by atoms with Crippen molar-refractivity contribution in [1.82, 2.24) is 5.32 Å². The summed E-state index contributed by atoms with van der Waals surface area (Å²) < 4.78 is 25.3. The minimum absolute atomic E-state index is 0.0107. The van der Waals surface area contributed by atoms with Gasteiger partial charge in [0.05, 0.1) is 33.2 Å². The minimum atomic E-state index is -3.84. The molecule has 7 nitrogen and oxygen atoms in total. The maximum Gasteiger partial charge on any atom is 0.253 e. The predicted molar refractivity (Wildman–Crippen MR) is 116 cm³/mol. The number of benzene rings is 2. The van der Waals surface area contributed by atoms with Crippen LogP contribution < -0.4 is 14.9 Å². The van der Waals surface area contributed by atoms with Crippen LogP contribution in [0.4, 0.5) is 11.4 Å². The van der Waals surface area contributed by atoms with Crippen molar-refractivity contribution in [2.75, 3.05) is 29.0 Å². The monoisotopic (exact) mass is 455 g/mol. The molecule has 2 rings (SSSR count). The molecule has 0 aliphatic heterocycles. The smallest absolute Gasteiger partial charge is 0.253 e. The molecule has 0 fully saturated rings. The van der Waals surface area contributed by atoms with E-state index in [9.17, 15) is 18.0 Å². The van der Waals surface area contributed by atoms with E-state index in [0.29, 0.717) is 0 Å². The number of carbonyl (C=O) groups excluding carboxylic acids is 2. The second kappa shape index (κ2) is 9.78. The van der Waals surface area contributed by atoms with Crippen LogP contribution in [0.1, 0.15) is 10.4 Å². The maximum atomic E-state index is 12.6. The first-order valence-electron chi connectivity index (χ1n) is 8.35. The quantitative estimate of drug-likeness (QED) is 0.596. The lowest BCUT2D eigenvalue weighted by atomic mass is 10.1. The van der Waals surface area contributed by atoms with Crippen molar-refractivity contribution < 1.29 is 18.0 Å². The van der Waals surface area contributed by atoms with E-state index in [1.165, 1.54) is 36.4 Å². The number of amides is 2. The summed E-state index contributed by atoms with van der Waals surface area (Å²) in [5.74, 6) is -1.06. The molecule has 0 heterocycles. The van der Waals surface area contributed by atoms with Crippen molar-refractivity contribution in [2.24, 2.45) is 0 Å². The first-order valence-corrected chi connectivity index (χ1v) is 10.9. The maximum absolute atomic E-state index is 12.6. The number of halogens is 2. The summed E-state index contributed by atoms with van der Waals surface area (Å²) in [5.41, 5.74) is 0.549. The molecule has 2 amide bonds. The van der Waals surface area contributed by atoms with Crippen LogP contribution >= 0.6 is 23.2 Å². The van der Waals surface area contributed by atoms with Crippen LogP contribution in [-0.2, 0) is 14.8 Å². The zero-order valence-electron chi connectivity index (χ0n) is 15.5. The molecular weight excluding hydrogens is 437 g/mol. The fraction of sp³-hybridized carbons (Fsp3) is 0.158. The van der Waals surface area contributed by atoms with Gasteiger partial charge in [-0.3, -0.25) is 13.9 Å². The molecule has 0 bridgehead atoms. The Morgan fingerprint density at radius 2 is 1.83 bits per heavy atom. The number of nitrogens with zero attached hydrogens (tertiary/aromatic N) is 1. The normalized spacial score (nSPS) is 10.9. The van der Waals surface area contributed by atoms with Crippen molar-refractivity contribution in [3.63, 3.8) is 0 Å². The van der Waals surface area contributed by atoms with E-state index in [0.717, 1.165) is 10.6 Å². The first-order chi connectivity index (χ1) is 13.6. The molecule has 0 spiro atoms. The van der Waals surface area contributed by atoms with E-state index in [-0.39, 0.29) is 33.5 Å². The number of hydrogen-bond donors (Lipinski definition) is 2. The van der Waals surface area contributed by atoms with Crippen LogP contribution in [0.25, 0.3) is 0 Å². The lowest BCUT2D eigenvalue weighted by molar-refractivity contribution is -0.114. The van der Waals surface area contributed by atoms with Crippen LogP contribution in [0.3, 0.4) is 0 Å². The summed E-state index contributed by atoms with van der Waals surface area (Å²) in [7, 11) is -3.84. The van der Waals surface area contributed by atoms with Gasteiger partial charge < -0.3 is 10.6 Å². The topological polar surface area (TPSA) is 95.6 Å². The van der Waals surface area contributed by atoms with Crippen molar-refractivity contribution in [3.05, 3.63) is 70.7 Å². The van der Waals surface area contributed by atoms with Crippen LogP contribution in [0.15, 0.2) is 55.1 Å². The molecule has 0 saturated heterocycles. The van der Waals surface area contributed by atoms with Gasteiger partial charge in [0.25, 0.3) is 5.91 Å². The largest absolute Gasteiger partial charge is 0.349 e. The van der Waals surface area contributed by atoms with E-state index >= 15 is 0 Å². The molecule has 0 aliphatic carbocycles. The van der Waals surface area contributed by atoms with Gasteiger partial charge >= 0.3 is 0 Å². The van der Waals surface area contributed by atoms with Gasteiger partial charge in [0.2, 0.25) is 15.9 Å². The molecule has 0 aromatic heterocycles. The zero-order chi connectivity index (χ0) is 21.6. The Morgan fingerprint density at radius 3 is 2.48 bits per heavy atom. The van der Waals surface area contributed by atoms with Gasteiger partial charge in [0.1, 0.15) is 6.54 Å². The number of hydrogen-bond acceptors (Lipinski definition) is 4. The number of sulfonamides is 1. The summed E-state index contributed by atoms with van der Waals surface area (Å²) in [6.45, 7) is 3.23. The van der Waals surface area contributed by atoms with Crippen molar-refractivity contribution >= 4 is 56.4 Å². The second-order valence-corrected chi connectivity index (χ2v) is 8.63. The zero-order valence-corrected chi connectivity index (χ0v) is 17.8. The van der Waals surface area contributed by atoms with Crippen molar-refractivity contribution in [3.8, 4) is 0 Å². The SMILES string of the molecule is C=CCNC(=O)c1ccccc1NC(=O)CN(c1cccc(Cl)c1Cl)S(C)(=O)=O. The van der Waals surface area contributed by atoms with Crippen LogP contribution in [-0.4, -0.2) is 39.6 Å². The third-order valence-corrected chi connectivity index (χ3v) is 5.68. The molecular formula is C19H19Cl2N3O4S. The Kier molecular flexibility index (Phi) is 7.66. The van der Waals surface area contributed by atoms with Crippen LogP contribution in [0.2, 0.25) is 10.0 Å². The summed E-state index contributed by atoms with van der Waals surface area (Å²) in [5, 5.41) is 5.35. The Balaban J connectivity index is 2.28. The number of nitrogens with one attached hydrogen (secondary N) is 2. The number of rotatable bonds is 8. The molecule has 0 aliphatic rings. The molecule has 2 aromatic carbocycles. The summed E-state index contributed by atoms with van der Waals surface area (Å²) in [6, 6.07) is 10.8. The minimum Gasteiger partial charge on any atom is -0.349 e. The number of para-hydroxylation sites is 1. The van der Waals surface area contributed by atoms with Gasteiger partial charge in [0, 0.05) is 6.54 Å². The second-order valence-electron chi connectivity index (χ2n) is 5.94. The van der Waals surface area contributed by atoms with Crippen LogP contribution in [0.5, 0.6) is 0 Å². The van der Waals surface area contributed by atoms with Gasteiger partial charge in [-0.2, -0.15) is 0 Å². The molecule has 2 N–H and O–H groups in total. The Morgan fingerprint density at radius 1 is 1.14 bits per heavy atom. The highest BCUT2D eigenvalue weighted by molar-refractivity contribution is 7.92. The van der Waals surface area contributed by atoms with Gasteiger partial charge in [0.15, 0.2) is 0 Å². The highest BCUT2D eigenvalue weighted by atomic mass is 35.5. The Bertz CT molecular complexity index is 1040. The van der Waals surface area contributed by atoms with E-state index in [2.05, 4.69) is 17.2 Å². The average Bonchev–Trinajstić information content (AvgIpc) is 2.66. The van der Waals surface area contributed by atoms with Gasteiger partial charge in [-0.1, -0.05) is 47.5 Å². The Labute approximate surface area is 179 Å². The molecule has 0 unspecified atom stereocenters. The van der Waals surface area contributed by atoms with Gasteiger partial charge in [-0.25, -0.2) is 8.42 Å².